The second-order valence-electron chi connectivity index (χ2n) is 7.99. The van der Waals surface area contributed by atoms with Crippen molar-refractivity contribution in [1.82, 2.24) is 4.90 Å². The minimum atomic E-state index is -4.23. The van der Waals surface area contributed by atoms with Crippen LogP contribution in [0.15, 0.2) is 24.3 Å². The van der Waals surface area contributed by atoms with Crippen molar-refractivity contribution in [3.05, 3.63) is 29.8 Å². The predicted octanol–water partition coefficient (Wildman–Crippen LogP) is 3.36. The lowest BCUT2D eigenvalue weighted by molar-refractivity contribution is -0.187. The van der Waals surface area contributed by atoms with Crippen molar-refractivity contribution in [3.63, 3.8) is 0 Å². The zero-order valence-electron chi connectivity index (χ0n) is 15.3. The lowest BCUT2D eigenvalue weighted by atomic mass is 9.76. The smallest absolute Gasteiger partial charge is 0.381 e. The highest BCUT2D eigenvalue weighted by Crippen LogP contribution is 2.46. The number of benzene rings is 1. The summed E-state index contributed by atoms with van der Waals surface area (Å²) in [5, 5.41) is 0. The minimum absolute atomic E-state index is 0.00841. The summed E-state index contributed by atoms with van der Waals surface area (Å²) in [6.07, 6.45) is -1.88. The first-order chi connectivity index (χ1) is 12.9. The Hall–Kier alpha value is -1.76. The molecule has 1 aromatic carbocycles. The molecule has 3 aliphatic heterocycles. The van der Waals surface area contributed by atoms with Gasteiger partial charge < -0.3 is 14.5 Å². The second kappa shape index (κ2) is 7.00. The van der Waals surface area contributed by atoms with Gasteiger partial charge in [0.1, 0.15) is 0 Å². The van der Waals surface area contributed by atoms with Gasteiger partial charge in [-0.15, -0.1) is 0 Å². The molecule has 1 atom stereocenters. The van der Waals surface area contributed by atoms with E-state index in [0.717, 1.165) is 25.1 Å². The SMILES string of the molecule is O=C(CN1CC2(CCOCC2)c2ccccc21)N1CCCC(C(F)(F)F)C1. The van der Waals surface area contributed by atoms with Crippen molar-refractivity contribution in [1.29, 1.82) is 0 Å². The molecule has 0 bridgehead atoms. The van der Waals surface area contributed by atoms with Crippen molar-refractivity contribution in [3.8, 4) is 0 Å². The molecule has 0 aromatic heterocycles. The monoisotopic (exact) mass is 382 g/mol. The van der Waals surface area contributed by atoms with Crippen LogP contribution in [0.25, 0.3) is 0 Å². The van der Waals surface area contributed by atoms with E-state index in [1.807, 2.05) is 18.2 Å². The Bertz CT molecular complexity index is 701. The summed E-state index contributed by atoms with van der Waals surface area (Å²) < 4.78 is 44.7. The molecule has 0 radical (unpaired) electrons. The van der Waals surface area contributed by atoms with E-state index in [1.165, 1.54) is 10.5 Å². The summed E-state index contributed by atoms with van der Waals surface area (Å²) in [5.74, 6) is -1.61. The number of amides is 1. The number of ether oxygens (including phenoxy) is 1. The average Bonchev–Trinajstić information content (AvgIpc) is 2.95. The fraction of sp³-hybridized carbons (Fsp3) is 0.650. The van der Waals surface area contributed by atoms with Crippen LogP contribution in [0.5, 0.6) is 0 Å². The number of nitrogens with zero attached hydrogens (tertiary/aromatic N) is 2. The molecule has 27 heavy (non-hydrogen) atoms. The van der Waals surface area contributed by atoms with E-state index in [1.54, 1.807) is 0 Å². The van der Waals surface area contributed by atoms with E-state index in [0.29, 0.717) is 26.2 Å². The molecule has 0 aliphatic carbocycles. The quantitative estimate of drug-likeness (QED) is 0.786. The molecule has 1 spiro atoms. The summed E-state index contributed by atoms with van der Waals surface area (Å²) in [5.41, 5.74) is 2.27. The molecule has 7 heteroatoms. The van der Waals surface area contributed by atoms with Gasteiger partial charge in [0, 0.05) is 44.0 Å². The lowest BCUT2D eigenvalue weighted by Gasteiger charge is -2.36. The number of hydrogen-bond donors (Lipinski definition) is 0. The zero-order chi connectivity index (χ0) is 19.1. The Morgan fingerprint density at radius 1 is 1.22 bits per heavy atom. The molecule has 1 unspecified atom stereocenters. The van der Waals surface area contributed by atoms with E-state index in [4.69, 9.17) is 4.74 Å². The Balaban J connectivity index is 1.49. The number of halogens is 3. The molecule has 4 rings (SSSR count). The molecule has 2 saturated heterocycles. The van der Waals surface area contributed by atoms with Crippen LogP contribution in [-0.2, 0) is 14.9 Å². The van der Waals surface area contributed by atoms with Crippen LogP contribution in [0.3, 0.4) is 0 Å². The van der Waals surface area contributed by atoms with Crippen LogP contribution in [0, 0.1) is 5.92 Å². The summed E-state index contributed by atoms with van der Waals surface area (Å²) >= 11 is 0. The predicted molar refractivity (Wildman–Crippen MR) is 95.7 cm³/mol. The van der Waals surface area contributed by atoms with E-state index < -0.39 is 12.1 Å². The maximum Gasteiger partial charge on any atom is 0.393 e. The molecule has 0 N–H and O–H groups in total. The van der Waals surface area contributed by atoms with Gasteiger partial charge in [-0.05, 0) is 37.3 Å². The Kier molecular flexibility index (Phi) is 4.82. The lowest BCUT2D eigenvalue weighted by Crippen LogP contribution is -2.48. The average molecular weight is 382 g/mol. The van der Waals surface area contributed by atoms with Gasteiger partial charge in [-0.2, -0.15) is 13.2 Å². The third-order valence-corrected chi connectivity index (χ3v) is 6.32. The van der Waals surface area contributed by atoms with Gasteiger partial charge in [-0.1, -0.05) is 18.2 Å². The third-order valence-electron chi connectivity index (χ3n) is 6.32. The van der Waals surface area contributed by atoms with E-state index in [9.17, 15) is 18.0 Å². The summed E-state index contributed by atoms with van der Waals surface area (Å²) in [6.45, 7) is 2.49. The van der Waals surface area contributed by atoms with Gasteiger partial charge in [-0.25, -0.2) is 0 Å². The molecule has 3 heterocycles. The van der Waals surface area contributed by atoms with Gasteiger partial charge in [0.2, 0.25) is 5.91 Å². The first-order valence-corrected chi connectivity index (χ1v) is 9.66. The maximum absolute atomic E-state index is 13.1. The van der Waals surface area contributed by atoms with Crippen LogP contribution in [0.4, 0.5) is 18.9 Å². The molecule has 1 aromatic rings. The molecule has 0 saturated carbocycles. The number of alkyl halides is 3. The van der Waals surface area contributed by atoms with Gasteiger partial charge in [-0.3, -0.25) is 4.79 Å². The Morgan fingerprint density at radius 3 is 2.70 bits per heavy atom. The van der Waals surface area contributed by atoms with E-state index in [2.05, 4.69) is 11.0 Å². The number of hydrogen-bond acceptors (Lipinski definition) is 3. The number of rotatable bonds is 2. The normalized spacial score (nSPS) is 24.9. The standard InChI is InChI=1S/C20H25F3N2O2/c21-20(22,23)15-4-3-9-24(12-15)18(26)13-25-14-19(7-10-27-11-8-19)16-5-1-2-6-17(16)25/h1-2,5-6,15H,3-4,7-14H2. The van der Waals surface area contributed by atoms with Crippen molar-refractivity contribution >= 4 is 11.6 Å². The molecular weight excluding hydrogens is 357 g/mol. The highest BCUT2D eigenvalue weighted by atomic mass is 19.4. The minimum Gasteiger partial charge on any atom is -0.381 e. The molecule has 1 amide bonds. The third kappa shape index (κ3) is 3.53. The number of para-hydroxylation sites is 1. The first-order valence-electron chi connectivity index (χ1n) is 9.66. The number of likely N-dealkylation sites (tertiary alicyclic amines) is 1. The van der Waals surface area contributed by atoms with Crippen molar-refractivity contribution in [2.24, 2.45) is 5.92 Å². The highest BCUT2D eigenvalue weighted by molar-refractivity contribution is 5.83. The number of carbonyl (C=O) groups excluding carboxylic acids is 1. The molecule has 2 fully saturated rings. The number of piperidine rings is 1. The highest BCUT2D eigenvalue weighted by Gasteiger charge is 2.45. The van der Waals surface area contributed by atoms with Crippen LogP contribution >= 0.6 is 0 Å². The van der Waals surface area contributed by atoms with E-state index in [-0.39, 0.29) is 30.8 Å². The summed E-state index contributed by atoms with van der Waals surface area (Å²) in [7, 11) is 0. The fourth-order valence-electron chi connectivity index (χ4n) is 4.80. The van der Waals surface area contributed by atoms with Crippen molar-refractivity contribution in [2.45, 2.75) is 37.3 Å². The van der Waals surface area contributed by atoms with Crippen LogP contribution in [0.1, 0.15) is 31.2 Å². The van der Waals surface area contributed by atoms with Crippen LogP contribution in [0.2, 0.25) is 0 Å². The van der Waals surface area contributed by atoms with Crippen molar-refractivity contribution in [2.75, 3.05) is 44.3 Å². The fourth-order valence-corrected chi connectivity index (χ4v) is 4.80. The first kappa shape index (κ1) is 18.6. The summed E-state index contributed by atoms with van der Waals surface area (Å²) in [4.78, 5) is 16.3. The summed E-state index contributed by atoms with van der Waals surface area (Å²) in [6, 6.07) is 8.10. The van der Waals surface area contributed by atoms with Crippen LogP contribution < -0.4 is 4.90 Å². The van der Waals surface area contributed by atoms with Gasteiger partial charge in [0.05, 0.1) is 12.5 Å². The largest absolute Gasteiger partial charge is 0.393 e. The van der Waals surface area contributed by atoms with Gasteiger partial charge in [0.15, 0.2) is 0 Å². The molecule has 148 valence electrons. The number of anilines is 1. The van der Waals surface area contributed by atoms with Crippen molar-refractivity contribution < 1.29 is 22.7 Å². The zero-order valence-corrected chi connectivity index (χ0v) is 15.3. The Morgan fingerprint density at radius 2 is 1.96 bits per heavy atom. The number of fused-ring (bicyclic) bond motifs is 2. The Labute approximate surface area is 157 Å². The number of carbonyl (C=O) groups is 1. The maximum atomic E-state index is 13.1. The molecule has 3 aliphatic rings. The molecular formula is C20H25F3N2O2. The van der Waals surface area contributed by atoms with Gasteiger partial charge in [0.25, 0.3) is 0 Å². The molecule has 4 nitrogen and oxygen atoms in total. The van der Waals surface area contributed by atoms with Crippen LogP contribution in [-0.4, -0.2) is 56.4 Å². The topological polar surface area (TPSA) is 32.8 Å². The van der Waals surface area contributed by atoms with E-state index >= 15 is 0 Å². The van der Waals surface area contributed by atoms with Gasteiger partial charge >= 0.3 is 6.18 Å². The second-order valence-corrected chi connectivity index (χ2v) is 7.99.